The second kappa shape index (κ2) is 11.6. The van der Waals surface area contributed by atoms with E-state index in [0.717, 1.165) is 51.9 Å². The van der Waals surface area contributed by atoms with Crippen molar-refractivity contribution in [3.63, 3.8) is 0 Å². The lowest BCUT2D eigenvalue weighted by Crippen LogP contribution is -2.48. The van der Waals surface area contributed by atoms with Gasteiger partial charge in [-0.3, -0.25) is 14.8 Å². The van der Waals surface area contributed by atoms with Crippen molar-refractivity contribution in [1.29, 1.82) is 0 Å². The first-order valence-corrected chi connectivity index (χ1v) is 9.62. The molecule has 2 fully saturated rings. The van der Waals surface area contributed by atoms with Crippen LogP contribution in [0.2, 0.25) is 0 Å². The predicted octanol–water partition coefficient (Wildman–Crippen LogP) is 1.61. The number of halogens is 1. The SMILES string of the molecule is CCNC(=NCC(C)N1CCOCC1)NC1CN(C(C)C)CC1C.I. The molecule has 2 N–H and O–H groups in total. The first kappa shape index (κ1) is 22.9. The number of hydrogen-bond donors (Lipinski definition) is 2. The lowest BCUT2D eigenvalue weighted by Gasteiger charge is -2.31. The molecule has 0 saturated carbocycles. The van der Waals surface area contributed by atoms with Crippen molar-refractivity contribution >= 4 is 29.9 Å². The van der Waals surface area contributed by atoms with Gasteiger partial charge in [-0.2, -0.15) is 0 Å². The molecule has 6 nitrogen and oxygen atoms in total. The summed E-state index contributed by atoms with van der Waals surface area (Å²) in [5.41, 5.74) is 0. The molecule has 25 heavy (non-hydrogen) atoms. The molecule has 2 heterocycles. The molecule has 0 amide bonds. The van der Waals surface area contributed by atoms with Gasteiger partial charge in [-0.15, -0.1) is 24.0 Å². The van der Waals surface area contributed by atoms with Gasteiger partial charge >= 0.3 is 0 Å². The highest BCUT2D eigenvalue weighted by Gasteiger charge is 2.31. The lowest BCUT2D eigenvalue weighted by atomic mass is 10.1. The number of morpholine rings is 1. The van der Waals surface area contributed by atoms with E-state index in [1.165, 1.54) is 6.54 Å². The molecule has 2 aliphatic rings. The first-order valence-electron chi connectivity index (χ1n) is 9.62. The summed E-state index contributed by atoms with van der Waals surface area (Å²) in [4.78, 5) is 9.86. The zero-order valence-electron chi connectivity index (χ0n) is 16.6. The molecule has 0 aromatic carbocycles. The van der Waals surface area contributed by atoms with Crippen LogP contribution >= 0.6 is 24.0 Å². The first-order chi connectivity index (χ1) is 11.5. The van der Waals surface area contributed by atoms with Gasteiger partial charge in [0.05, 0.1) is 19.8 Å². The van der Waals surface area contributed by atoms with Crippen LogP contribution in [0.5, 0.6) is 0 Å². The van der Waals surface area contributed by atoms with Crippen molar-refractivity contribution in [2.75, 3.05) is 52.5 Å². The quantitative estimate of drug-likeness (QED) is 0.353. The number of nitrogens with zero attached hydrogens (tertiary/aromatic N) is 3. The third-order valence-corrected chi connectivity index (χ3v) is 5.22. The van der Waals surface area contributed by atoms with E-state index in [0.29, 0.717) is 24.0 Å². The monoisotopic (exact) mass is 467 g/mol. The molecular weight excluding hydrogens is 429 g/mol. The van der Waals surface area contributed by atoms with Crippen molar-refractivity contribution < 1.29 is 4.74 Å². The van der Waals surface area contributed by atoms with Gasteiger partial charge in [0.1, 0.15) is 0 Å². The van der Waals surface area contributed by atoms with Crippen LogP contribution in [0.1, 0.15) is 34.6 Å². The minimum Gasteiger partial charge on any atom is -0.379 e. The Kier molecular flexibility index (Phi) is 10.6. The molecule has 0 radical (unpaired) electrons. The third-order valence-electron chi connectivity index (χ3n) is 5.22. The fourth-order valence-electron chi connectivity index (χ4n) is 3.47. The Morgan fingerprint density at radius 3 is 2.40 bits per heavy atom. The molecule has 3 unspecified atom stereocenters. The Morgan fingerprint density at radius 1 is 1.16 bits per heavy atom. The molecular formula is C18H38IN5O. The highest BCUT2D eigenvalue weighted by Crippen LogP contribution is 2.18. The molecule has 7 heteroatoms. The van der Waals surface area contributed by atoms with Crippen molar-refractivity contribution in [2.45, 2.75) is 52.7 Å². The summed E-state index contributed by atoms with van der Waals surface area (Å²) in [7, 11) is 0. The van der Waals surface area contributed by atoms with Crippen molar-refractivity contribution in [2.24, 2.45) is 10.9 Å². The maximum absolute atomic E-state index is 5.44. The number of rotatable bonds is 6. The van der Waals surface area contributed by atoms with Crippen LogP contribution in [0, 0.1) is 5.92 Å². The summed E-state index contributed by atoms with van der Waals surface area (Å²) in [5, 5.41) is 7.07. The summed E-state index contributed by atoms with van der Waals surface area (Å²) in [6.45, 7) is 19.0. The Balaban J connectivity index is 0.00000312. The molecule has 0 spiro atoms. The van der Waals surface area contributed by atoms with Crippen LogP contribution in [0.15, 0.2) is 4.99 Å². The van der Waals surface area contributed by atoms with Gasteiger partial charge in [0, 0.05) is 50.8 Å². The average Bonchev–Trinajstić information content (AvgIpc) is 2.94. The van der Waals surface area contributed by atoms with Gasteiger partial charge in [0.15, 0.2) is 5.96 Å². The predicted molar refractivity (Wildman–Crippen MR) is 116 cm³/mol. The van der Waals surface area contributed by atoms with E-state index in [1.54, 1.807) is 0 Å². The van der Waals surface area contributed by atoms with Crippen molar-refractivity contribution in [3.8, 4) is 0 Å². The van der Waals surface area contributed by atoms with Crippen LogP contribution in [0.4, 0.5) is 0 Å². The van der Waals surface area contributed by atoms with Crippen LogP contribution in [0.25, 0.3) is 0 Å². The topological polar surface area (TPSA) is 52.1 Å². The maximum Gasteiger partial charge on any atom is 0.191 e. The summed E-state index contributed by atoms with van der Waals surface area (Å²) in [5.74, 6) is 1.60. The smallest absolute Gasteiger partial charge is 0.191 e. The number of guanidine groups is 1. The van der Waals surface area contributed by atoms with Crippen LogP contribution < -0.4 is 10.6 Å². The highest BCUT2D eigenvalue weighted by atomic mass is 127. The zero-order chi connectivity index (χ0) is 17.5. The van der Waals surface area contributed by atoms with Gasteiger partial charge < -0.3 is 15.4 Å². The Labute approximate surface area is 171 Å². The molecule has 0 aliphatic carbocycles. The summed E-state index contributed by atoms with van der Waals surface area (Å²) in [6.07, 6.45) is 0. The number of nitrogens with one attached hydrogen (secondary N) is 2. The van der Waals surface area contributed by atoms with Gasteiger partial charge in [0.2, 0.25) is 0 Å². The molecule has 0 aromatic heterocycles. The van der Waals surface area contributed by atoms with E-state index in [2.05, 4.69) is 55.1 Å². The highest BCUT2D eigenvalue weighted by molar-refractivity contribution is 14.0. The maximum atomic E-state index is 5.44. The fourth-order valence-corrected chi connectivity index (χ4v) is 3.47. The standard InChI is InChI=1S/C18H37N5O.HI/c1-6-19-18(20-11-16(5)22-7-9-24-10-8-22)21-17-13-23(14(2)3)12-15(17)4;/h14-17H,6-13H2,1-5H3,(H2,19,20,21);1H. The van der Waals surface area contributed by atoms with E-state index in [1.807, 2.05) is 0 Å². The van der Waals surface area contributed by atoms with E-state index in [-0.39, 0.29) is 24.0 Å². The van der Waals surface area contributed by atoms with Gasteiger partial charge in [0.25, 0.3) is 0 Å². The molecule has 2 aliphatic heterocycles. The van der Waals surface area contributed by atoms with Crippen LogP contribution in [0.3, 0.4) is 0 Å². The van der Waals surface area contributed by atoms with Crippen LogP contribution in [-0.4, -0.2) is 86.4 Å². The Hall–Kier alpha value is -0.120. The molecule has 0 bridgehead atoms. The van der Waals surface area contributed by atoms with E-state index in [9.17, 15) is 0 Å². The lowest BCUT2D eigenvalue weighted by molar-refractivity contribution is 0.0220. The average molecular weight is 467 g/mol. The second-order valence-corrected chi connectivity index (χ2v) is 7.49. The zero-order valence-corrected chi connectivity index (χ0v) is 19.0. The minimum atomic E-state index is 0. The molecule has 2 rings (SSSR count). The number of ether oxygens (including phenoxy) is 1. The second-order valence-electron chi connectivity index (χ2n) is 7.49. The molecule has 3 atom stereocenters. The largest absolute Gasteiger partial charge is 0.379 e. The van der Waals surface area contributed by atoms with Gasteiger partial charge in [-0.05, 0) is 33.6 Å². The Morgan fingerprint density at radius 2 is 1.84 bits per heavy atom. The van der Waals surface area contributed by atoms with Crippen molar-refractivity contribution in [1.82, 2.24) is 20.4 Å². The molecule has 148 valence electrons. The normalized spacial score (nSPS) is 27.2. The van der Waals surface area contributed by atoms with E-state index in [4.69, 9.17) is 9.73 Å². The minimum absolute atomic E-state index is 0. The van der Waals surface area contributed by atoms with E-state index < -0.39 is 0 Å². The van der Waals surface area contributed by atoms with Crippen molar-refractivity contribution in [3.05, 3.63) is 0 Å². The summed E-state index contributed by atoms with van der Waals surface area (Å²) in [6, 6.07) is 1.54. The summed E-state index contributed by atoms with van der Waals surface area (Å²) < 4.78 is 5.44. The van der Waals surface area contributed by atoms with E-state index >= 15 is 0 Å². The molecule has 2 saturated heterocycles. The Bertz CT molecular complexity index is 401. The molecule has 0 aromatic rings. The van der Waals surface area contributed by atoms with Gasteiger partial charge in [-0.1, -0.05) is 6.92 Å². The van der Waals surface area contributed by atoms with Crippen LogP contribution in [-0.2, 0) is 4.74 Å². The number of aliphatic imine (C=N–C) groups is 1. The van der Waals surface area contributed by atoms with Gasteiger partial charge in [-0.25, -0.2) is 0 Å². The number of likely N-dealkylation sites (tertiary alicyclic amines) is 1. The third kappa shape index (κ3) is 7.19. The fraction of sp³-hybridized carbons (Fsp3) is 0.944. The summed E-state index contributed by atoms with van der Waals surface area (Å²) >= 11 is 0. The number of hydrogen-bond acceptors (Lipinski definition) is 4.